The molecule has 0 aliphatic carbocycles. The molecule has 3 rings (SSSR count). The minimum Gasteiger partial charge on any atom is -0.350 e. The minimum absolute atomic E-state index is 0.0326. The predicted octanol–water partition coefficient (Wildman–Crippen LogP) is 0.880. The van der Waals surface area contributed by atoms with E-state index in [0.29, 0.717) is 18.2 Å². The lowest BCUT2D eigenvalue weighted by molar-refractivity contribution is -0.125. The number of aryl methyl sites for hydroxylation is 1. The van der Waals surface area contributed by atoms with Gasteiger partial charge in [-0.1, -0.05) is 37.3 Å². The second kappa shape index (κ2) is 7.53. The van der Waals surface area contributed by atoms with Crippen molar-refractivity contribution in [3.63, 3.8) is 0 Å². The number of nitrogens with one attached hydrogen (secondary N) is 2. The van der Waals surface area contributed by atoms with E-state index in [4.69, 9.17) is 0 Å². The van der Waals surface area contributed by atoms with E-state index >= 15 is 0 Å². The van der Waals surface area contributed by atoms with Gasteiger partial charge in [-0.05, 0) is 41.8 Å². The number of amides is 1. The van der Waals surface area contributed by atoms with Crippen LogP contribution in [0.15, 0.2) is 30.3 Å². The van der Waals surface area contributed by atoms with Gasteiger partial charge in [0.15, 0.2) is 0 Å². The highest BCUT2D eigenvalue weighted by Gasteiger charge is 2.29. The molecule has 7 heteroatoms. The molecule has 1 aliphatic heterocycles. The summed E-state index contributed by atoms with van der Waals surface area (Å²) in [6.45, 7) is 5.81. The molecule has 0 bridgehead atoms. The Bertz CT molecular complexity index is 671. The molecule has 1 fully saturated rings. The van der Waals surface area contributed by atoms with E-state index in [0.717, 1.165) is 25.1 Å². The van der Waals surface area contributed by atoms with Crippen molar-refractivity contribution in [3.8, 4) is 0 Å². The molecule has 2 N–H and O–H groups in total. The quantitative estimate of drug-likeness (QED) is 0.851. The van der Waals surface area contributed by atoms with E-state index in [1.54, 1.807) is 4.68 Å². The first kappa shape index (κ1) is 16.6. The van der Waals surface area contributed by atoms with Gasteiger partial charge in [-0.25, -0.2) is 4.68 Å². The highest BCUT2D eigenvalue weighted by Crippen LogP contribution is 2.17. The lowest BCUT2D eigenvalue weighted by Gasteiger charge is -2.31. The number of aromatic nitrogens is 4. The highest BCUT2D eigenvalue weighted by molar-refractivity contribution is 5.81. The highest BCUT2D eigenvalue weighted by atomic mass is 16.2. The molecule has 1 aromatic heterocycles. The molecule has 128 valence electrons. The summed E-state index contributed by atoms with van der Waals surface area (Å²) in [5.74, 6) is 1.07. The molecular weight excluding hydrogens is 304 g/mol. The van der Waals surface area contributed by atoms with Crippen molar-refractivity contribution in [1.29, 1.82) is 0 Å². The number of rotatable bonds is 5. The molecule has 1 amide bonds. The Labute approximate surface area is 141 Å². The lowest BCUT2D eigenvalue weighted by atomic mass is 9.94. The average molecular weight is 328 g/mol. The third-order valence-corrected chi connectivity index (χ3v) is 4.68. The minimum atomic E-state index is -0.448. The summed E-state index contributed by atoms with van der Waals surface area (Å²) in [6.07, 6.45) is 1.63. The number of hydrogen-bond donors (Lipinski definition) is 2. The second-order valence-corrected chi connectivity index (χ2v) is 6.46. The van der Waals surface area contributed by atoms with Crippen molar-refractivity contribution >= 4 is 5.91 Å². The standard InChI is InChI=1S/C17H24N6O/c1-12-8-9-18-11-15(12)19-17(24)16(23-13(2)20-21-22-23)10-14-6-4-3-5-7-14/h3-7,12,15-16,18H,8-11H2,1-2H3,(H,19,24). The van der Waals surface area contributed by atoms with Crippen LogP contribution in [0.3, 0.4) is 0 Å². The number of carbonyl (C=O) groups is 1. The molecule has 7 nitrogen and oxygen atoms in total. The van der Waals surface area contributed by atoms with Crippen LogP contribution < -0.4 is 10.6 Å². The lowest BCUT2D eigenvalue weighted by Crippen LogP contribution is -2.52. The van der Waals surface area contributed by atoms with E-state index in [2.05, 4.69) is 33.1 Å². The van der Waals surface area contributed by atoms with Gasteiger partial charge in [0.2, 0.25) is 5.91 Å². The van der Waals surface area contributed by atoms with Crippen LogP contribution in [0.5, 0.6) is 0 Å². The fourth-order valence-electron chi connectivity index (χ4n) is 3.12. The molecule has 0 spiro atoms. The molecule has 3 unspecified atom stereocenters. The molecule has 3 atom stereocenters. The van der Waals surface area contributed by atoms with Crippen LogP contribution in [0.25, 0.3) is 0 Å². The summed E-state index contributed by atoms with van der Waals surface area (Å²) in [4.78, 5) is 13.0. The average Bonchev–Trinajstić information content (AvgIpc) is 3.01. The second-order valence-electron chi connectivity index (χ2n) is 6.46. The first-order valence-corrected chi connectivity index (χ1v) is 8.44. The number of tetrazole rings is 1. The van der Waals surface area contributed by atoms with Crippen LogP contribution in [0.1, 0.15) is 30.8 Å². The topological polar surface area (TPSA) is 84.7 Å². The molecular formula is C17H24N6O. The molecule has 1 aliphatic rings. The van der Waals surface area contributed by atoms with E-state index in [-0.39, 0.29) is 11.9 Å². The molecule has 2 heterocycles. The van der Waals surface area contributed by atoms with Crippen LogP contribution in [0.2, 0.25) is 0 Å². The fourth-order valence-corrected chi connectivity index (χ4v) is 3.12. The first-order valence-electron chi connectivity index (χ1n) is 8.44. The Balaban J connectivity index is 1.78. The maximum Gasteiger partial charge on any atom is 0.245 e. The molecule has 1 saturated heterocycles. The Hall–Kier alpha value is -2.28. The van der Waals surface area contributed by atoms with Gasteiger partial charge in [0.25, 0.3) is 0 Å². The maximum absolute atomic E-state index is 13.0. The van der Waals surface area contributed by atoms with Crippen molar-refractivity contribution in [3.05, 3.63) is 41.7 Å². The summed E-state index contributed by atoms with van der Waals surface area (Å²) < 4.78 is 1.61. The van der Waals surface area contributed by atoms with Gasteiger partial charge in [0.05, 0.1) is 0 Å². The van der Waals surface area contributed by atoms with Crippen molar-refractivity contribution in [1.82, 2.24) is 30.8 Å². The molecule has 1 aromatic carbocycles. The van der Waals surface area contributed by atoms with Gasteiger partial charge in [0.1, 0.15) is 11.9 Å². The van der Waals surface area contributed by atoms with E-state index in [1.165, 1.54) is 0 Å². The molecule has 0 radical (unpaired) electrons. The first-order chi connectivity index (χ1) is 11.6. The summed E-state index contributed by atoms with van der Waals surface area (Å²) in [5.41, 5.74) is 1.09. The van der Waals surface area contributed by atoms with Gasteiger partial charge in [-0.15, -0.1) is 5.10 Å². The third-order valence-electron chi connectivity index (χ3n) is 4.68. The van der Waals surface area contributed by atoms with E-state index in [9.17, 15) is 4.79 Å². The molecule has 24 heavy (non-hydrogen) atoms. The van der Waals surface area contributed by atoms with Gasteiger partial charge in [-0.2, -0.15) is 0 Å². The van der Waals surface area contributed by atoms with Crippen molar-refractivity contribution in [2.45, 2.75) is 38.8 Å². The summed E-state index contributed by atoms with van der Waals surface area (Å²) in [6, 6.07) is 9.65. The largest absolute Gasteiger partial charge is 0.350 e. The number of benzene rings is 1. The van der Waals surface area contributed by atoms with Gasteiger partial charge < -0.3 is 10.6 Å². The predicted molar refractivity (Wildman–Crippen MR) is 90.3 cm³/mol. The van der Waals surface area contributed by atoms with Gasteiger partial charge >= 0.3 is 0 Å². The Morgan fingerprint density at radius 2 is 2.21 bits per heavy atom. The Morgan fingerprint density at radius 3 is 2.88 bits per heavy atom. The van der Waals surface area contributed by atoms with Crippen LogP contribution in [0.4, 0.5) is 0 Å². The van der Waals surface area contributed by atoms with Crippen LogP contribution in [0, 0.1) is 12.8 Å². The Morgan fingerprint density at radius 1 is 1.42 bits per heavy atom. The van der Waals surface area contributed by atoms with E-state index < -0.39 is 6.04 Å². The zero-order chi connectivity index (χ0) is 16.9. The number of piperidine rings is 1. The number of hydrogen-bond acceptors (Lipinski definition) is 5. The maximum atomic E-state index is 13.0. The van der Waals surface area contributed by atoms with Gasteiger partial charge in [-0.3, -0.25) is 4.79 Å². The van der Waals surface area contributed by atoms with Crippen LogP contribution in [-0.4, -0.2) is 45.2 Å². The Kier molecular flexibility index (Phi) is 5.20. The zero-order valence-corrected chi connectivity index (χ0v) is 14.1. The number of carbonyl (C=O) groups excluding carboxylic acids is 1. The SMILES string of the molecule is Cc1nnnn1C(Cc1ccccc1)C(=O)NC1CNCCC1C. The van der Waals surface area contributed by atoms with Crippen LogP contribution >= 0.6 is 0 Å². The summed E-state index contributed by atoms with van der Waals surface area (Å²) in [7, 11) is 0. The van der Waals surface area contributed by atoms with Crippen molar-refractivity contribution in [2.24, 2.45) is 5.92 Å². The third kappa shape index (κ3) is 3.79. The normalized spacial score (nSPS) is 22.1. The smallest absolute Gasteiger partial charge is 0.245 e. The summed E-state index contributed by atoms with van der Waals surface area (Å²) >= 11 is 0. The fraction of sp³-hybridized carbons (Fsp3) is 0.529. The van der Waals surface area contributed by atoms with Crippen molar-refractivity contribution in [2.75, 3.05) is 13.1 Å². The summed E-state index contributed by atoms with van der Waals surface area (Å²) in [5, 5.41) is 18.2. The zero-order valence-electron chi connectivity index (χ0n) is 14.1. The van der Waals surface area contributed by atoms with Crippen molar-refractivity contribution < 1.29 is 4.79 Å². The monoisotopic (exact) mass is 328 g/mol. The molecule has 2 aromatic rings. The van der Waals surface area contributed by atoms with Gasteiger partial charge in [0, 0.05) is 19.0 Å². The molecule has 0 saturated carbocycles. The van der Waals surface area contributed by atoms with E-state index in [1.807, 2.05) is 37.3 Å². The van der Waals surface area contributed by atoms with Crippen LogP contribution in [-0.2, 0) is 11.2 Å². The number of nitrogens with zero attached hydrogens (tertiary/aromatic N) is 4.